The Balaban J connectivity index is 2.36. The second-order valence-corrected chi connectivity index (χ2v) is 5.31. The predicted molar refractivity (Wildman–Crippen MR) is 93.3 cm³/mol. The summed E-state index contributed by atoms with van der Waals surface area (Å²) in [5, 5.41) is 23.5. The highest BCUT2D eigenvalue weighted by molar-refractivity contribution is 5.98. The van der Waals surface area contributed by atoms with Gasteiger partial charge in [-0.1, -0.05) is 30.3 Å². The molecule has 1 amide bonds. The second-order valence-electron chi connectivity index (χ2n) is 5.31. The predicted octanol–water partition coefficient (Wildman–Crippen LogP) is 2.06. The Labute approximate surface area is 145 Å². The van der Waals surface area contributed by atoms with Gasteiger partial charge in [0.2, 0.25) is 0 Å². The van der Waals surface area contributed by atoms with E-state index in [1.54, 1.807) is 0 Å². The van der Waals surface area contributed by atoms with E-state index < -0.39 is 10.8 Å². The van der Waals surface area contributed by atoms with Crippen LogP contribution in [0.1, 0.15) is 22.8 Å². The van der Waals surface area contributed by atoms with Crippen molar-refractivity contribution in [1.29, 1.82) is 0 Å². The quantitative estimate of drug-likeness (QED) is 0.560. The number of anilines is 1. The lowest BCUT2D eigenvalue weighted by atomic mass is 10.1. The number of nitrogens with zero attached hydrogens (tertiary/aromatic N) is 3. The van der Waals surface area contributed by atoms with Crippen LogP contribution in [-0.2, 0) is 6.54 Å². The number of rotatable bonds is 8. The summed E-state index contributed by atoms with van der Waals surface area (Å²) in [6, 6.07) is 10.6. The number of nitro groups is 1. The van der Waals surface area contributed by atoms with Crippen LogP contribution >= 0.6 is 0 Å². The van der Waals surface area contributed by atoms with Gasteiger partial charge in [0.25, 0.3) is 11.6 Å². The maximum atomic E-state index is 12.9. The summed E-state index contributed by atoms with van der Waals surface area (Å²) in [4.78, 5) is 28.8. The Bertz CT molecular complexity index is 737. The van der Waals surface area contributed by atoms with Gasteiger partial charge in [0.05, 0.1) is 11.5 Å². The van der Waals surface area contributed by atoms with E-state index in [0.29, 0.717) is 12.4 Å². The van der Waals surface area contributed by atoms with Gasteiger partial charge in [-0.05, 0) is 12.5 Å². The summed E-state index contributed by atoms with van der Waals surface area (Å²) in [5.74, 6) is -0.133. The van der Waals surface area contributed by atoms with Crippen LogP contribution < -0.4 is 5.32 Å². The van der Waals surface area contributed by atoms with Crippen molar-refractivity contribution in [3.63, 3.8) is 0 Å². The molecule has 2 N–H and O–H groups in total. The third kappa shape index (κ3) is 4.74. The third-order valence-electron chi connectivity index (χ3n) is 3.54. The van der Waals surface area contributed by atoms with Crippen molar-refractivity contribution in [1.82, 2.24) is 9.88 Å². The van der Waals surface area contributed by atoms with Crippen molar-refractivity contribution in [2.75, 3.05) is 25.0 Å². The number of aliphatic hydroxyl groups is 1. The van der Waals surface area contributed by atoms with Gasteiger partial charge >= 0.3 is 0 Å². The monoisotopic (exact) mass is 344 g/mol. The minimum atomic E-state index is -0.629. The summed E-state index contributed by atoms with van der Waals surface area (Å²) in [7, 11) is 0. The fraction of sp³-hybridized carbons (Fsp3) is 0.294. The summed E-state index contributed by atoms with van der Waals surface area (Å²) < 4.78 is 0. The zero-order chi connectivity index (χ0) is 18.2. The van der Waals surface area contributed by atoms with Crippen LogP contribution in [0.2, 0.25) is 0 Å². The maximum absolute atomic E-state index is 12.9. The molecule has 0 fully saturated rings. The van der Waals surface area contributed by atoms with Crippen LogP contribution in [0.15, 0.2) is 42.6 Å². The van der Waals surface area contributed by atoms with Gasteiger partial charge in [-0.15, -0.1) is 0 Å². The molecule has 0 saturated heterocycles. The lowest BCUT2D eigenvalue weighted by molar-refractivity contribution is -0.385. The van der Waals surface area contributed by atoms with Crippen molar-refractivity contribution in [3.8, 4) is 0 Å². The number of benzene rings is 1. The second kappa shape index (κ2) is 8.74. The van der Waals surface area contributed by atoms with Crippen LogP contribution in [-0.4, -0.2) is 45.5 Å². The van der Waals surface area contributed by atoms with Crippen molar-refractivity contribution in [2.24, 2.45) is 0 Å². The molecular formula is C17H20N4O4. The molecule has 0 aliphatic heterocycles. The molecule has 2 aromatic rings. The fourth-order valence-corrected chi connectivity index (χ4v) is 2.39. The molecule has 0 saturated carbocycles. The summed E-state index contributed by atoms with van der Waals surface area (Å²) >= 11 is 0. The average molecular weight is 344 g/mol. The first kappa shape index (κ1) is 18.3. The zero-order valence-corrected chi connectivity index (χ0v) is 13.9. The molecule has 0 bridgehead atoms. The molecule has 8 heteroatoms. The molecule has 0 spiro atoms. The van der Waals surface area contributed by atoms with E-state index in [4.69, 9.17) is 0 Å². The number of hydrogen-bond acceptors (Lipinski definition) is 6. The number of nitrogens with one attached hydrogen (secondary N) is 1. The first-order chi connectivity index (χ1) is 12.1. The molecule has 1 aromatic heterocycles. The summed E-state index contributed by atoms with van der Waals surface area (Å²) in [6.07, 6.45) is 1.07. The highest BCUT2D eigenvalue weighted by atomic mass is 16.6. The summed E-state index contributed by atoms with van der Waals surface area (Å²) in [5.41, 5.74) is 0.455. The molecule has 0 atom stereocenters. The van der Waals surface area contributed by atoms with Gasteiger partial charge in [0, 0.05) is 25.7 Å². The van der Waals surface area contributed by atoms with Crippen molar-refractivity contribution in [2.45, 2.75) is 13.5 Å². The van der Waals surface area contributed by atoms with Crippen molar-refractivity contribution >= 4 is 17.4 Å². The number of pyridine rings is 1. The average Bonchev–Trinajstić information content (AvgIpc) is 2.61. The smallest absolute Gasteiger partial charge is 0.300 e. The SMILES string of the molecule is CCNc1cc(C(=O)N(CCO)Cc2ccccc2)c([N+](=O)[O-])cn1. The number of aromatic nitrogens is 1. The van der Waals surface area contributed by atoms with Gasteiger partial charge in [-0.3, -0.25) is 14.9 Å². The van der Waals surface area contributed by atoms with E-state index in [-0.39, 0.29) is 30.9 Å². The Morgan fingerprint density at radius 3 is 2.68 bits per heavy atom. The minimum absolute atomic E-state index is 0.0552. The van der Waals surface area contributed by atoms with Crippen molar-refractivity contribution < 1.29 is 14.8 Å². The van der Waals surface area contributed by atoms with Gasteiger partial charge < -0.3 is 15.3 Å². The standard InChI is InChI=1S/C17H20N4O4/c1-2-18-16-10-14(15(11-19-16)21(24)25)17(23)20(8-9-22)12-13-6-4-3-5-7-13/h3-7,10-11,22H,2,8-9,12H2,1H3,(H,18,19). The van der Waals surface area contributed by atoms with Crippen molar-refractivity contribution in [3.05, 3.63) is 63.8 Å². The van der Waals surface area contributed by atoms with Gasteiger partial charge in [-0.2, -0.15) is 0 Å². The van der Waals surface area contributed by atoms with Crippen LogP contribution in [0.25, 0.3) is 0 Å². The molecule has 8 nitrogen and oxygen atoms in total. The Morgan fingerprint density at radius 2 is 2.08 bits per heavy atom. The highest BCUT2D eigenvalue weighted by Crippen LogP contribution is 2.23. The molecule has 1 aromatic carbocycles. The van der Waals surface area contributed by atoms with Gasteiger partial charge in [0.1, 0.15) is 17.6 Å². The first-order valence-corrected chi connectivity index (χ1v) is 7.89. The maximum Gasteiger partial charge on any atom is 0.300 e. The van der Waals surface area contributed by atoms with Crippen LogP contribution in [0.4, 0.5) is 11.5 Å². The van der Waals surface area contributed by atoms with Gasteiger partial charge in [0.15, 0.2) is 0 Å². The summed E-state index contributed by atoms with van der Waals surface area (Å²) in [6.45, 7) is 2.51. The molecular weight excluding hydrogens is 324 g/mol. The molecule has 132 valence electrons. The van der Waals surface area contributed by atoms with Crippen LogP contribution in [0.5, 0.6) is 0 Å². The van der Waals surface area contributed by atoms with Gasteiger partial charge in [-0.25, -0.2) is 4.98 Å². The topological polar surface area (TPSA) is 109 Å². The molecule has 2 rings (SSSR count). The third-order valence-corrected chi connectivity index (χ3v) is 3.54. The Morgan fingerprint density at radius 1 is 1.36 bits per heavy atom. The molecule has 0 aliphatic carbocycles. The lowest BCUT2D eigenvalue weighted by Crippen LogP contribution is -2.33. The lowest BCUT2D eigenvalue weighted by Gasteiger charge is -2.22. The van der Waals surface area contributed by atoms with E-state index in [1.807, 2.05) is 37.3 Å². The van der Waals surface area contributed by atoms with Crippen LogP contribution in [0, 0.1) is 10.1 Å². The normalized spacial score (nSPS) is 10.3. The molecule has 1 heterocycles. The van der Waals surface area contributed by atoms with Crippen LogP contribution in [0.3, 0.4) is 0 Å². The molecule has 25 heavy (non-hydrogen) atoms. The largest absolute Gasteiger partial charge is 0.395 e. The highest BCUT2D eigenvalue weighted by Gasteiger charge is 2.26. The first-order valence-electron chi connectivity index (χ1n) is 7.89. The van der Waals surface area contributed by atoms with E-state index in [1.165, 1.54) is 11.0 Å². The molecule has 0 unspecified atom stereocenters. The fourth-order valence-electron chi connectivity index (χ4n) is 2.39. The number of carbonyl (C=O) groups is 1. The minimum Gasteiger partial charge on any atom is -0.395 e. The van der Waals surface area contributed by atoms with E-state index >= 15 is 0 Å². The molecule has 0 radical (unpaired) electrons. The number of amides is 1. The van der Waals surface area contributed by atoms with E-state index in [2.05, 4.69) is 10.3 Å². The Hall–Kier alpha value is -3.00. The zero-order valence-electron chi connectivity index (χ0n) is 13.9. The van der Waals surface area contributed by atoms with E-state index in [9.17, 15) is 20.0 Å². The number of hydrogen-bond donors (Lipinski definition) is 2. The molecule has 0 aliphatic rings. The Kier molecular flexibility index (Phi) is 6.41. The van der Waals surface area contributed by atoms with E-state index in [0.717, 1.165) is 11.8 Å². The number of aliphatic hydroxyl groups excluding tert-OH is 1. The number of carbonyl (C=O) groups excluding carboxylic acids is 1.